The number of hydrogen-bond donors (Lipinski definition) is 2. The smallest absolute Gasteiger partial charge is 0.320 e. The van der Waals surface area contributed by atoms with Gasteiger partial charge in [0.1, 0.15) is 6.04 Å². The number of carboxylic acid groups (broad SMARTS) is 1. The Hall–Kier alpha value is -1.89. The molecule has 1 aromatic rings. The lowest BCUT2D eigenvalue weighted by Crippen LogP contribution is -2.53. The first-order chi connectivity index (χ1) is 8.59. The van der Waals surface area contributed by atoms with E-state index in [1.165, 1.54) is 6.20 Å². The number of hydrogen-bond acceptors (Lipinski definition) is 4. The Morgan fingerprint density at radius 2 is 2.06 bits per heavy atom. The van der Waals surface area contributed by atoms with Crippen LogP contribution in [0.25, 0.3) is 0 Å². The summed E-state index contributed by atoms with van der Waals surface area (Å²) in [5.74, 6) is -0.893. The molecular weight excluding hydrogens is 236 g/mol. The first kappa shape index (κ1) is 12.6. The van der Waals surface area contributed by atoms with Crippen molar-refractivity contribution in [2.75, 3.05) is 26.2 Å². The molecule has 2 N–H and O–H groups in total. The van der Waals surface area contributed by atoms with Crippen LogP contribution in [0.1, 0.15) is 17.3 Å². The minimum atomic E-state index is -0.829. The van der Waals surface area contributed by atoms with E-state index in [0.29, 0.717) is 31.7 Å². The second-order valence-corrected chi connectivity index (χ2v) is 4.33. The number of amides is 1. The van der Waals surface area contributed by atoms with E-state index >= 15 is 0 Å². The highest BCUT2D eigenvalue weighted by atomic mass is 16.4. The second-order valence-electron chi connectivity index (χ2n) is 4.33. The molecule has 1 aliphatic heterocycles. The highest BCUT2D eigenvalue weighted by molar-refractivity contribution is 5.93. The quantitative estimate of drug-likeness (QED) is 0.767. The fourth-order valence-corrected chi connectivity index (χ4v) is 2.02. The van der Waals surface area contributed by atoms with Gasteiger partial charge in [0.25, 0.3) is 5.91 Å². The number of nitrogens with one attached hydrogen (secondary N) is 1. The summed E-state index contributed by atoms with van der Waals surface area (Å²) < 4.78 is 0. The molecule has 0 radical (unpaired) electrons. The van der Waals surface area contributed by atoms with E-state index in [-0.39, 0.29) is 5.91 Å². The van der Waals surface area contributed by atoms with Crippen molar-refractivity contribution in [1.29, 1.82) is 0 Å². The average molecular weight is 252 g/mol. The van der Waals surface area contributed by atoms with Crippen LogP contribution in [0.5, 0.6) is 0 Å². The van der Waals surface area contributed by atoms with E-state index in [2.05, 4.69) is 10.2 Å². The highest BCUT2D eigenvalue weighted by Crippen LogP contribution is 2.09. The van der Waals surface area contributed by atoms with E-state index in [9.17, 15) is 9.59 Å². The maximum absolute atomic E-state index is 12.0. The van der Waals surface area contributed by atoms with Gasteiger partial charge < -0.3 is 10.0 Å². The third-order valence-corrected chi connectivity index (χ3v) is 3.25. The fraction of sp³-hybridized carbons (Fsp3) is 0.545. The number of H-pyrrole nitrogens is 1. The number of aliphatic carboxylic acids is 1. The molecule has 1 aromatic heterocycles. The van der Waals surface area contributed by atoms with Crippen molar-refractivity contribution in [2.24, 2.45) is 0 Å². The maximum Gasteiger partial charge on any atom is 0.320 e. The van der Waals surface area contributed by atoms with Gasteiger partial charge >= 0.3 is 5.97 Å². The summed E-state index contributed by atoms with van der Waals surface area (Å²) in [6.07, 6.45) is 3.06. The number of carbonyl (C=O) groups excluding carboxylic acids is 1. The fourth-order valence-electron chi connectivity index (χ4n) is 2.02. The third-order valence-electron chi connectivity index (χ3n) is 3.25. The minimum Gasteiger partial charge on any atom is -0.480 e. The van der Waals surface area contributed by atoms with E-state index in [0.717, 1.165) is 0 Å². The molecule has 7 heteroatoms. The minimum absolute atomic E-state index is 0.0635. The number of carboxylic acids is 1. The summed E-state index contributed by atoms with van der Waals surface area (Å²) in [7, 11) is 0. The van der Waals surface area contributed by atoms with Crippen molar-refractivity contribution in [3.05, 3.63) is 18.0 Å². The zero-order valence-electron chi connectivity index (χ0n) is 10.2. The lowest BCUT2D eigenvalue weighted by Gasteiger charge is -2.36. The largest absolute Gasteiger partial charge is 0.480 e. The molecule has 1 fully saturated rings. The Bertz CT molecular complexity index is 424. The first-order valence-electron chi connectivity index (χ1n) is 5.84. The Kier molecular flexibility index (Phi) is 3.61. The summed E-state index contributed by atoms with van der Waals surface area (Å²) in [6, 6.07) is -0.504. The normalized spacial score (nSPS) is 18.6. The standard InChI is InChI=1S/C11H16N4O3/c1-8(11(17)18)14-2-4-15(5-3-14)10(16)9-6-12-13-7-9/h6-8H,2-5H2,1H3,(H,12,13)(H,17,18). The van der Waals surface area contributed by atoms with E-state index in [4.69, 9.17) is 5.11 Å². The first-order valence-corrected chi connectivity index (χ1v) is 5.84. The van der Waals surface area contributed by atoms with Crippen LogP contribution in [0, 0.1) is 0 Å². The van der Waals surface area contributed by atoms with Crippen molar-refractivity contribution in [3.8, 4) is 0 Å². The maximum atomic E-state index is 12.0. The molecule has 7 nitrogen and oxygen atoms in total. The second kappa shape index (κ2) is 5.18. The van der Waals surface area contributed by atoms with Crippen molar-refractivity contribution in [3.63, 3.8) is 0 Å². The molecule has 1 unspecified atom stereocenters. The van der Waals surface area contributed by atoms with Gasteiger partial charge in [0.05, 0.1) is 11.8 Å². The zero-order valence-corrected chi connectivity index (χ0v) is 10.2. The summed E-state index contributed by atoms with van der Waals surface area (Å²) in [5.41, 5.74) is 0.537. The Morgan fingerprint density at radius 3 is 2.56 bits per heavy atom. The van der Waals surface area contributed by atoms with Crippen molar-refractivity contribution >= 4 is 11.9 Å². The molecule has 1 aliphatic rings. The Morgan fingerprint density at radius 1 is 1.39 bits per heavy atom. The summed E-state index contributed by atoms with van der Waals surface area (Å²) in [5, 5.41) is 15.3. The molecule has 0 aliphatic carbocycles. The molecule has 0 saturated carbocycles. The van der Waals surface area contributed by atoms with Crippen LogP contribution in [0.15, 0.2) is 12.4 Å². The molecular formula is C11H16N4O3. The van der Waals surface area contributed by atoms with Gasteiger partial charge in [0, 0.05) is 32.4 Å². The third kappa shape index (κ3) is 2.51. The van der Waals surface area contributed by atoms with E-state index in [1.807, 2.05) is 4.90 Å². The molecule has 1 amide bonds. The number of aromatic nitrogens is 2. The van der Waals surface area contributed by atoms with Crippen LogP contribution in [0.3, 0.4) is 0 Å². The lowest BCUT2D eigenvalue weighted by atomic mass is 10.2. The molecule has 18 heavy (non-hydrogen) atoms. The topological polar surface area (TPSA) is 89.5 Å². The molecule has 2 rings (SSSR count). The van der Waals surface area contributed by atoms with Gasteiger partial charge in [-0.2, -0.15) is 5.10 Å². The highest BCUT2D eigenvalue weighted by Gasteiger charge is 2.27. The monoisotopic (exact) mass is 252 g/mol. The van der Waals surface area contributed by atoms with Gasteiger partial charge in [-0.15, -0.1) is 0 Å². The zero-order chi connectivity index (χ0) is 13.1. The van der Waals surface area contributed by atoms with E-state index < -0.39 is 12.0 Å². The number of piperazine rings is 1. The summed E-state index contributed by atoms with van der Waals surface area (Å²) in [4.78, 5) is 26.4. The predicted molar refractivity (Wildman–Crippen MR) is 63.2 cm³/mol. The van der Waals surface area contributed by atoms with E-state index in [1.54, 1.807) is 18.0 Å². The van der Waals surface area contributed by atoms with Crippen LogP contribution >= 0.6 is 0 Å². The number of carbonyl (C=O) groups is 2. The Labute approximate surface area is 104 Å². The predicted octanol–water partition coefficient (Wildman–Crippen LogP) is -0.359. The van der Waals surface area contributed by atoms with Gasteiger partial charge in [0.2, 0.25) is 0 Å². The molecule has 1 atom stereocenters. The summed E-state index contributed by atoms with van der Waals surface area (Å²) in [6.45, 7) is 3.91. The average Bonchev–Trinajstić information content (AvgIpc) is 2.91. The molecule has 2 heterocycles. The molecule has 0 spiro atoms. The van der Waals surface area contributed by atoms with Crippen molar-refractivity contribution in [2.45, 2.75) is 13.0 Å². The Balaban J connectivity index is 1.91. The van der Waals surface area contributed by atoms with Crippen molar-refractivity contribution in [1.82, 2.24) is 20.0 Å². The van der Waals surface area contributed by atoms with Gasteiger partial charge in [-0.1, -0.05) is 0 Å². The SMILES string of the molecule is CC(C(=O)O)N1CCN(C(=O)c2cn[nH]c2)CC1. The molecule has 0 aromatic carbocycles. The van der Waals surface area contributed by atoms with Crippen LogP contribution in [0.4, 0.5) is 0 Å². The number of rotatable bonds is 3. The molecule has 1 saturated heterocycles. The van der Waals surface area contributed by atoms with Gasteiger partial charge in [-0.25, -0.2) is 0 Å². The van der Waals surface area contributed by atoms with Crippen LogP contribution in [-0.4, -0.2) is 69.2 Å². The molecule has 0 bridgehead atoms. The number of aromatic amines is 1. The van der Waals surface area contributed by atoms with Gasteiger partial charge in [-0.05, 0) is 6.92 Å². The lowest BCUT2D eigenvalue weighted by molar-refractivity contribution is -0.143. The van der Waals surface area contributed by atoms with Crippen LogP contribution < -0.4 is 0 Å². The van der Waals surface area contributed by atoms with Crippen molar-refractivity contribution < 1.29 is 14.7 Å². The summed E-state index contributed by atoms with van der Waals surface area (Å²) >= 11 is 0. The number of nitrogens with zero attached hydrogens (tertiary/aromatic N) is 3. The van der Waals surface area contributed by atoms with Gasteiger partial charge in [0.15, 0.2) is 0 Å². The molecule has 98 valence electrons. The van der Waals surface area contributed by atoms with Crippen LogP contribution in [0.2, 0.25) is 0 Å². The van der Waals surface area contributed by atoms with Crippen LogP contribution in [-0.2, 0) is 4.79 Å². The van der Waals surface area contributed by atoms with Gasteiger partial charge in [-0.3, -0.25) is 19.6 Å².